The molecule has 0 spiro atoms. The average molecular weight is 407 g/mol. The van der Waals surface area contributed by atoms with Crippen LogP contribution in [0.2, 0.25) is 0 Å². The van der Waals surface area contributed by atoms with Gasteiger partial charge < -0.3 is 4.57 Å². The number of benzene rings is 2. The number of rotatable bonds is 5. The Bertz CT molecular complexity index is 1280. The number of fused-ring (bicyclic) bond motifs is 3. The molecular weight excluding hydrogens is 390 g/mol. The van der Waals surface area contributed by atoms with Crippen LogP contribution in [0.5, 0.6) is 0 Å². The van der Waals surface area contributed by atoms with E-state index in [1.54, 1.807) is 12.1 Å². The highest BCUT2D eigenvalue weighted by atomic mass is 32.2. The molecule has 8 nitrogen and oxygen atoms in total. The highest BCUT2D eigenvalue weighted by Gasteiger charge is 2.21. The fourth-order valence-corrected chi connectivity index (χ4v) is 4.06. The minimum Gasteiger partial charge on any atom is -0.321 e. The zero-order chi connectivity index (χ0) is 20.7. The Morgan fingerprint density at radius 3 is 2.62 bits per heavy atom. The summed E-state index contributed by atoms with van der Waals surface area (Å²) in [7, 11) is 0. The van der Waals surface area contributed by atoms with Crippen molar-refractivity contribution in [2.45, 2.75) is 36.9 Å². The van der Waals surface area contributed by atoms with Crippen LogP contribution in [0.4, 0.5) is 5.69 Å². The Morgan fingerprint density at radius 1 is 1.17 bits per heavy atom. The fourth-order valence-electron chi connectivity index (χ4n) is 3.27. The van der Waals surface area contributed by atoms with E-state index in [4.69, 9.17) is 0 Å². The molecule has 9 heteroatoms. The van der Waals surface area contributed by atoms with Gasteiger partial charge in [-0.25, -0.2) is 4.98 Å². The summed E-state index contributed by atoms with van der Waals surface area (Å²) in [4.78, 5) is 27.5. The molecule has 2 aromatic carbocycles. The van der Waals surface area contributed by atoms with Crippen LogP contribution in [0.1, 0.15) is 37.2 Å². The minimum atomic E-state index is -0.508. The maximum absolute atomic E-state index is 11.6. The van der Waals surface area contributed by atoms with Crippen LogP contribution >= 0.6 is 11.8 Å². The lowest BCUT2D eigenvalue weighted by atomic mass is 10.1. The zero-order valence-corrected chi connectivity index (χ0v) is 16.8. The van der Waals surface area contributed by atoms with Gasteiger partial charge in [-0.2, -0.15) is 0 Å². The summed E-state index contributed by atoms with van der Waals surface area (Å²) >= 11 is 1.06. The second kappa shape index (κ2) is 7.25. The van der Waals surface area contributed by atoms with E-state index in [-0.39, 0.29) is 23.1 Å². The van der Waals surface area contributed by atoms with Gasteiger partial charge in [0.25, 0.3) is 5.69 Å². The van der Waals surface area contributed by atoms with Crippen molar-refractivity contribution >= 4 is 45.3 Å². The Morgan fingerprint density at radius 2 is 1.93 bits per heavy atom. The Hall–Kier alpha value is -3.33. The van der Waals surface area contributed by atoms with Crippen molar-refractivity contribution in [1.29, 1.82) is 0 Å². The van der Waals surface area contributed by atoms with E-state index in [0.29, 0.717) is 21.2 Å². The number of nitrogens with zero attached hydrogens (tertiary/aromatic N) is 5. The van der Waals surface area contributed by atoms with E-state index in [9.17, 15) is 14.9 Å². The molecular formula is C20H17N5O3S. The normalized spacial score (nSPS) is 11.4. The van der Waals surface area contributed by atoms with Gasteiger partial charge in [-0.05, 0) is 50.7 Å². The molecule has 0 amide bonds. The van der Waals surface area contributed by atoms with Crippen molar-refractivity contribution in [1.82, 2.24) is 19.7 Å². The van der Waals surface area contributed by atoms with E-state index in [1.807, 2.05) is 24.3 Å². The molecule has 2 heterocycles. The van der Waals surface area contributed by atoms with Gasteiger partial charge in [0.1, 0.15) is 5.52 Å². The van der Waals surface area contributed by atoms with Crippen molar-refractivity contribution in [3.63, 3.8) is 0 Å². The van der Waals surface area contributed by atoms with Crippen LogP contribution in [0, 0.1) is 10.1 Å². The van der Waals surface area contributed by atoms with Crippen molar-refractivity contribution in [3.8, 4) is 0 Å². The van der Waals surface area contributed by atoms with Crippen LogP contribution in [-0.2, 0) is 0 Å². The molecule has 0 saturated carbocycles. The van der Waals surface area contributed by atoms with Crippen molar-refractivity contribution in [2.24, 2.45) is 0 Å². The molecule has 4 aromatic rings. The van der Waals surface area contributed by atoms with Gasteiger partial charge in [-0.15, -0.1) is 10.2 Å². The number of carbonyl (C=O) groups is 1. The number of para-hydroxylation sites is 1. The molecule has 0 N–H and O–H groups in total. The second-order valence-electron chi connectivity index (χ2n) is 6.85. The van der Waals surface area contributed by atoms with Crippen LogP contribution in [0.3, 0.4) is 0 Å². The first-order chi connectivity index (χ1) is 13.9. The van der Waals surface area contributed by atoms with E-state index < -0.39 is 4.92 Å². The number of hydrogen-bond acceptors (Lipinski definition) is 7. The standard InChI is InChI=1S/C20H17N5O3S/c1-11(2)24-15-7-5-4-6-14(15)18-19(24)21-20(23-22-18)29-17-9-8-13(12(3)26)10-16(17)25(27)28/h4-11H,1-3H3. The predicted octanol–water partition coefficient (Wildman–Crippen LogP) is 4.82. The van der Waals surface area contributed by atoms with Crippen LogP contribution < -0.4 is 0 Å². The number of carbonyl (C=O) groups excluding carboxylic acids is 1. The van der Waals surface area contributed by atoms with E-state index in [1.165, 1.54) is 13.0 Å². The van der Waals surface area contributed by atoms with Gasteiger partial charge >= 0.3 is 0 Å². The molecule has 0 bridgehead atoms. The zero-order valence-electron chi connectivity index (χ0n) is 16.0. The van der Waals surface area contributed by atoms with E-state index in [0.717, 1.165) is 22.7 Å². The summed E-state index contributed by atoms with van der Waals surface area (Å²) in [6.07, 6.45) is 0. The van der Waals surface area contributed by atoms with Crippen molar-refractivity contribution < 1.29 is 9.72 Å². The summed E-state index contributed by atoms with van der Waals surface area (Å²) in [5.74, 6) is -0.231. The summed E-state index contributed by atoms with van der Waals surface area (Å²) in [5.41, 5.74) is 2.52. The molecule has 0 atom stereocenters. The van der Waals surface area contributed by atoms with Crippen LogP contribution in [0.15, 0.2) is 52.5 Å². The lowest BCUT2D eigenvalue weighted by Crippen LogP contribution is -2.03. The Labute approximate surface area is 170 Å². The predicted molar refractivity (Wildman–Crippen MR) is 110 cm³/mol. The largest absolute Gasteiger partial charge is 0.321 e. The average Bonchev–Trinajstić information content (AvgIpc) is 3.01. The first-order valence-corrected chi connectivity index (χ1v) is 9.79. The first-order valence-electron chi connectivity index (χ1n) is 8.97. The highest BCUT2D eigenvalue weighted by molar-refractivity contribution is 7.99. The quantitative estimate of drug-likeness (QED) is 0.265. The number of hydrogen-bond donors (Lipinski definition) is 0. The lowest BCUT2D eigenvalue weighted by molar-refractivity contribution is -0.387. The molecule has 0 aliphatic carbocycles. The number of Topliss-reactive ketones (excluding diaryl/α,β-unsaturated/α-hetero) is 1. The maximum atomic E-state index is 11.6. The molecule has 0 aliphatic rings. The van der Waals surface area contributed by atoms with Gasteiger partial charge in [0.15, 0.2) is 11.4 Å². The molecule has 0 fully saturated rings. The van der Waals surface area contributed by atoms with E-state index >= 15 is 0 Å². The van der Waals surface area contributed by atoms with Gasteiger partial charge in [0.2, 0.25) is 5.16 Å². The number of nitro benzene ring substituents is 1. The lowest BCUT2D eigenvalue weighted by Gasteiger charge is -2.10. The SMILES string of the molecule is CC(=O)c1ccc(Sc2nnc3c4ccccc4n(C(C)C)c3n2)c([N+](=O)[O-])c1. The molecule has 0 aliphatic heterocycles. The van der Waals surface area contributed by atoms with Gasteiger partial charge in [0, 0.05) is 23.1 Å². The third-order valence-electron chi connectivity index (χ3n) is 4.58. The van der Waals surface area contributed by atoms with Crippen molar-refractivity contribution in [2.75, 3.05) is 0 Å². The summed E-state index contributed by atoms with van der Waals surface area (Å²) < 4.78 is 2.08. The second-order valence-corrected chi connectivity index (χ2v) is 7.85. The fraction of sp³-hybridized carbons (Fsp3) is 0.200. The van der Waals surface area contributed by atoms with Crippen LogP contribution in [-0.4, -0.2) is 30.5 Å². The molecule has 4 rings (SSSR count). The Balaban J connectivity index is 1.84. The summed E-state index contributed by atoms with van der Waals surface area (Å²) in [6.45, 7) is 5.50. The Kier molecular flexibility index (Phi) is 4.75. The molecule has 2 aromatic heterocycles. The molecule has 29 heavy (non-hydrogen) atoms. The molecule has 146 valence electrons. The van der Waals surface area contributed by atoms with Gasteiger partial charge in [-0.1, -0.05) is 18.2 Å². The van der Waals surface area contributed by atoms with Crippen molar-refractivity contribution in [3.05, 3.63) is 58.1 Å². The highest BCUT2D eigenvalue weighted by Crippen LogP contribution is 2.35. The van der Waals surface area contributed by atoms with E-state index in [2.05, 4.69) is 33.6 Å². The third kappa shape index (κ3) is 3.33. The summed E-state index contributed by atoms with van der Waals surface area (Å²) in [5, 5.41) is 21.3. The maximum Gasteiger partial charge on any atom is 0.284 e. The molecule has 0 unspecified atom stereocenters. The summed E-state index contributed by atoms with van der Waals surface area (Å²) in [6, 6.07) is 12.4. The first kappa shape index (κ1) is 19.0. The number of ketones is 1. The smallest absolute Gasteiger partial charge is 0.284 e. The van der Waals surface area contributed by atoms with Gasteiger partial charge in [-0.3, -0.25) is 14.9 Å². The van der Waals surface area contributed by atoms with Gasteiger partial charge in [0.05, 0.1) is 15.3 Å². The minimum absolute atomic E-state index is 0.149. The third-order valence-corrected chi connectivity index (χ3v) is 5.50. The van der Waals surface area contributed by atoms with Crippen LogP contribution in [0.25, 0.3) is 22.1 Å². The topological polar surface area (TPSA) is 104 Å². The molecule has 0 radical (unpaired) electrons. The molecule has 0 saturated heterocycles. The number of aromatic nitrogens is 4. The number of nitro groups is 1. The monoisotopic (exact) mass is 407 g/mol.